The summed E-state index contributed by atoms with van der Waals surface area (Å²) < 4.78 is 19.0. The largest absolute Gasteiger partial charge is 0.483 e. The van der Waals surface area contributed by atoms with Crippen LogP contribution >= 0.6 is 0 Å². The molecule has 0 unspecified atom stereocenters. The molecule has 1 amide bonds. The minimum absolute atomic E-state index is 0.131. The summed E-state index contributed by atoms with van der Waals surface area (Å²) in [5.41, 5.74) is 3.23. The number of para-hydroxylation sites is 1. The van der Waals surface area contributed by atoms with E-state index >= 15 is 0 Å². The molecule has 5 nitrogen and oxygen atoms in total. The van der Waals surface area contributed by atoms with E-state index in [4.69, 9.17) is 4.74 Å². The first kappa shape index (κ1) is 19.9. The third-order valence-electron chi connectivity index (χ3n) is 4.16. The summed E-state index contributed by atoms with van der Waals surface area (Å²) in [5, 5.41) is 21.6. The Bertz CT molecular complexity index is 729. The van der Waals surface area contributed by atoms with Crippen LogP contribution in [-0.2, 0) is 30.8 Å². The van der Waals surface area contributed by atoms with E-state index in [0.29, 0.717) is 0 Å². The molecule has 140 valence electrons. The average molecular weight is 361 g/mol. The molecule has 0 saturated carbocycles. The Labute approximate surface area is 152 Å². The van der Waals surface area contributed by atoms with Crippen molar-refractivity contribution in [3.8, 4) is 5.75 Å². The third kappa shape index (κ3) is 4.59. The molecule has 0 spiro atoms. The van der Waals surface area contributed by atoms with Crippen LogP contribution in [0.3, 0.4) is 0 Å². The first-order valence-electron chi connectivity index (χ1n) is 8.60. The molecule has 0 aliphatic rings. The van der Waals surface area contributed by atoms with Gasteiger partial charge in [-0.15, -0.1) is 0 Å². The van der Waals surface area contributed by atoms with Crippen molar-refractivity contribution in [3.05, 3.63) is 58.4 Å². The number of rotatable bonds is 8. The summed E-state index contributed by atoms with van der Waals surface area (Å²) in [7, 11) is 0. The standard InChI is InChI=1S/C20H24FNO4/c1-3-13-6-5-7-14(4-2)19(13)22-18(25)12-26-20-15(10-23)8-17(21)9-16(20)11-24/h5-9,23-24H,3-4,10-12H2,1-2H3,(H,22,25). The molecule has 6 heteroatoms. The molecule has 0 aliphatic carbocycles. The van der Waals surface area contributed by atoms with E-state index < -0.39 is 19.0 Å². The monoisotopic (exact) mass is 361 g/mol. The van der Waals surface area contributed by atoms with Gasteiger partial charge in [-0.25, -0.2) is 4.39 Å². The number of aryl methyl sites for hydroxylation is 2. The van der Waals surface area contributed by atoms with Crippen LogP contribution in [0.1, 0.15) is 36.1 Å². The van der Waals surface area contributed by atoms with Crippen LogP contribution in [0.4, 0.5) is 10.1 Å². The minimum Gasteiger partial charge on any atom is -0.483 e. The zero-order valence-corrected chi connectivity index (χ0v) is 15.0. The highest BCUT2D eigenvalue weighted by atomic mass is 19.1. The fourth-order valence-corrected chi connectivity index (χ4v) is 2.85. The summed E-state index contributed by atoms with van der Waals surface area (Å²) in [6.45, 7) is 2.80. The number of benzene rings is 2. The van der Waals surface area contributed by atoms with Crippen molar-refractivity contribution in [1.29, 1.82) is 0 Å². The predicted octanol–water partition coefficient (Wildman–Crippen LogP) is 2.95. The number of carbonyl (C=O) groups is 1. The van der Waals surface area contributed by atoms with Gasteiger partial charge in [-0.1, -0.05) is 32.0 Å². The van der Waals surface area contributed by atoms with Crippen LogP contribution in [0, 0.1) is 5.82 Å². The summed E-state index contributed by atoms with van der Waals surface area (Å²) in [4.78, 5) is 12.4. The molecule has 0 fully saturated rings. The Balaban J connectivity index is 2.16. The molecule has 26 heavy (non-hydrogen) atoms. The second-order valence-electron chi connectivity index (χ2n) is 5.86. The minimum atomic E-state index is -0.584. The molecule has 0 atom stereocenters. The van der Waals surface area contributed by atoms with Gasteiger partial charge in [-0.05, 0) is 36.1 Å². The van der Waals surface area contributed by atoms with Gasteiger partial charge < -0.3 is 20.3 Å². The predicted molar refractivity (Wildman–Crippen MR) is 97.6 cm³/mol. The maximum Gasteiger partial charge on any atom is 0.262 e. The molecule has 0 aliphatic heterocycles. The highest BCUT2D eigenvalue weighted by molar-refractivity contribution is 5.93. The number of carbonyl (C=O) groups excluding carboxylic acids is 1. The fourth-order valence-electron chi connectivity index (χ4n) is 2.85. The summed E-state index contributed by atoms with van der Waals surface area (Å²) in [6, 6.07) is 8.12. The van der Waals surface area contributed by atoms with E-state index in [1.54, 1.807) is 0 Å². The maximum absolute atomic E-state index is 13.5. The smallest absolute Gasteiger partial charge is 0.262 e. The summed E-state index contributed by atoms with van der Waals surface area (Å²) in [6.07, 6.45) is 1.57. The van der Waals surface area contributed by atoms with Crippen LogP contribution in [0.2, 0.25) is 0 Å². The average Bonchev–Trinajstić information content (AvgIpc) is 2.66. The van der Waals surface area contributed by atoms with Crippen LogP contribution in [-0.4, -0.2) is 22.7 Å². The molecular weight excluding hydrogens is 337 g/mol. The van der Waals surface area contributed by atoms with E-state index in [9.17, 15) is 19.4 Å². The molecule has 0 heterocycles. The van der Waals surface area contributed by atoms with Gasteiger partial charge in [0.2, 0.25) is 0 Å². The second kappa shape index (κ2) is 9.31. The third-order valence-corrected chi connectivity index (χ3v) is 4.16. The lowest BCUT2D eigenvalue weighted by atomic mass is 10.0. The first-order chi connectivity index (χ1) is 12.5. The van der Waals surface area contributed by atoms with Gasteiger partial charge in [0.1, 0.15) is 11.6 Å². The first-order valence-corrected chi connectivity index (χ1v) is 8.60. The fraction of sp³-hybridized carbons (Fsp3) is 0.350. The molecule has 0 bridgehead atoms. The van der Waals surface area contributed by atoms with Crippen molar-refractivity contribution in [2.45, 2.75) is 39.9 Å². The van der Waals surface area contributed by atoms with Crippen LogP contribution in [0.15, 0.2) is 30.3 Å². The van der Waals surface area contributed by atoms with Crippen LogP contribution < -0.4 is 10.1 Å². The molecule has 3 N–H and O–H groups in total. The number of ether oxygens (including phenoxy) is 1. The lowest BCUT2D eigenvalue weighted by Crippen LogP contribution is -2.22. The summed E-state index contributed by atoms with van der Waals surface area (Å²) >= 11 is 0. The van der Waals surface area contributed by atoms with Gasteiger partial charge in [-0.2, -0.15) is 0 Å². The van der Waals surface area contributed by atoms with E-state index in [-0.39, 0.29) is 29.4 Å². The Kier molecular flexibility index (Phi) is 7.12. The van der Waals surface area contributed by atoms with Gasteiger partial charge in [0.05, 0.1) is 13.2 Å². The number of amides is 1. The maximum atomic E-state index is 13.5. The van der Waals surface area contributed by atoms with Crippen molar-refractivity contribution >= 4 is 11.6 Å². The number of nitrogens with one attached hydrogen (secondary N) is 1. The number of aliphatic hydroxyl groups is 2. The van der Waals surface area contributed by atoms with Crippen molar-refractivity contribution in [2.75, 3.05) is 11.9 Å². The second-order valence-corrected chi connectivity index (χ2v) is 5.86. The number of halogens is 1. The summed E-state index contributed by atoms with van der Waals surface area (Å²) in [5.74, 6) is -0.817. The topological polar surface area (TPSA) is 78.8 Å². The lowest BCUT2D eigenvalue weighted by molar-refractivity contribution is -0.118. The number of hydrogen-bond acceptors (Lipinski definition) is 4. The van der Waals surface area contributed by atoms with E-state index in [2.05, 4.69) is 5.32 Å². The van der Waals surface area contributed by atoms with Crippen molar-refractivity contribution < 1.29 is 24.1 Å². The Morgan fingerprint density at radius 3 is 2.04 bits per heavy atom. The molecule has 0 radical (unpaired) electrons. The van der Waals surface area contributed by atoms with Crippen molar-refractivity contribution in [3.63, 3.8) is 0 Å². The zero-order valence-electron chi connectivity index (χ0n) is 15.0. The van der Waals surface area contributed by atoms with Gasteiger partial charge in [0.25, 0.3) is 5.91 Å². The van der Waals surface area contributed by atoms with Crippen molar-refractivity contribution in [2.24, 2.45) is 0 Å². The van der Waals surface area contributed by atoms with Gasteiger partial charge in [-0.3, -0.25) is 4.79 Å². The Morgan fingerprint density at radius 2 is 1.58 bits per heavy atom. The molecule has 2 aromatic rings. The molecule has 2 rings (SSSR count). The van der Waals surface area contributed by atoms with Crippen molar-refractivity contribution in [1.82, 2.24) is 0 Å². The van der Waals surface area contributed by atoms with E-state index in [1.165, 1.54) is 0 Å². The van der Waals surface area contributed by atoms with E-state index in [1.807, 2.05) is 32.0 Å². The molecular formula is C20H24FNO4. The zero-order chi connectivity index (χ0) is 19.1. The number of aliphatic hydroxyl groups excluding tert-OH is 2. The van der Waals surface area contributed by atoms with Gasteiger partial charge in [0, 0.05) is 16.8 Å². The van der Waals surface area contributed by atoms with Gasteiger partial charge in [0.15, 0.2) is 6.61 Å². The molecule has 0 aromatic heterocycles. The SMILES string of the molecule is CCc1cccc(CC)c1NC(=O)COc1c(CO)cc(F)cc1CO. The lowest BCUT2D eigenvalue weighted by Gasteiger charge is -2.16. The highest BCUT2D eigenvalue weighted by Crippen LogP contribution is 2.27. The molecule has 2 aromatic carbocycles. The normalized spacial score (nSPS) is 10.7. The molecule has 0 saturated heterocycles. The number of hydrogen-bond donors (Lipinski definition) is 3. The van der Waals surface area contributed by atoms with Gasteiger partial charge >= 0.3 is 0 Å². The number of anilines is 1. The van der Waals surface area contributed by atoms with E-state index in [0.717, 1.165) is 41.8 Å². The Morgan fingerprint density at radius 1 is 1.04 bits per heavy atom. The highest BCUT2D eigenvalue weighted by Gasteiger charge is 2.15. The Hall–Kier alpha value is -2.44. The van der Waals surface area contributed by atoms with Crippen LogP contribution in [0.5, 0.6) is 5.75 Å². The quantitative estimate of drug-likeness (QED) is 0.675. The van der Waals surface area contributed by atoms with Crippen LogP contribution in [0.25, 0.3) is 0 Å².